The summed E-state index contributed by atoms with van der Waals surface area (Å²) in [6.07, 6.45) is 32.4. The van der Waals surface area contributed by atoms with Crippen molar-refractivity contribution in [1.29, 1.82) is 0 Å². The molecule has 0 aliphatic carbocycles. The first kappa shape index (κ1) is 34.0. The summed E-state index contributed by atoms with van der Waals surface area (Å²) in [7, 11) is 0. The van der Waals surface area contributed by atoms with E-state index in [1.807, 2.05) is 0 Å². The highest BCUT2D eigenvalue weighted by molar-refractivity contribution is 7.99. The number of carbonyl (C=O) groups is 1. The van der Waals surface area contributed by atoms with Gasteiger partial charge >= 0.3 is 5.97 Å². The standard InChI is InChI=1S/C26H54S.C3H6O2/c1-3-5-7-9-11-13-15-17-19-21-23-25-27-26-24-22-20-18-16-14-12-10-8-6-4-2;1-2-3(4)5/h3-26H2,1-2H3;2H2,1H3,(H,4,5). The Bertz CT molecular complexity index is 309. The lowest BCUT2D eigenvalue weighted by molar-refractivity contribution is -0.136. The molecule has 0 radical (unpaired) electrons. The number of hydrogen-bond donors (Lipinski definition) is 1. The van der Waals surface area contributed by atoms with Crippen LogP contribution >= 0.6 is 11.8 Å². The summed E-state index contributed by atoms with van der Waals surface area (Å²) in [6, 6.07) is 0. The zero-order valence-corrected chi connectivity index (χ0v) is 23.3. The first-order chi connectivity index (χ1) is 15.7. The molecule has 3 heteroatoms. The van der Waals surface area contributed by atoms with Crippen LogP contribution in [-0.4, -0.2) is 22.6 Å². The van der Waals surface area contributed by atoms with Gasteiger partial charge in [-0.15, -0.1) is 0 Å². The van der Waals surface area contributed by atoms with E-state index in [2.05, 4.69) is 25.6 Å². The van der Waals surface area contributed by atoms with Crippen molar-refractivity contribution in [2.45, 2.75) is 168 Å². The maximum absolute atomic E-state index is 9.37. The number of thioether (sulfide) groups is 1. The van der Waals surface area contributed by atoms with Crippen molar-refractivity contribution in [2.24, 2.45) is 0 Å². The lowest BCUT2D eigenvalue weighted by Gasteiger charge is -2.04. The molecule has 0 fully saturated rings. The van der Waals surface area contributed by atoms with E-state index in [9.17, 15) is 4.79 Å². The molecule has 1 N–H and O–H groups in total. The van der Waals surface area contributed by atoms with E-state index < -0.39 is 5.97 Å². The van der Waals surface area contributed by atoms with E-state index in [0.717, 1.165) is 0 Å². The first-order valence-electron chi connectivity index (χ1n) is 14.5. The van der Waals surface area contributed by atoms with Gasteiger partial charge in [0.15, 0.2) is 0 Å². The highest BCUT2D eigenvalue weighted by Crippen LogP contribution is 2.15. The van der Waals surface area contributed by atoms with Gasteiger partial charge in [-0.1, -0.05) is 149 Å². The third kappa shape index (κ3) is 37.2. The van der Waals surface area contributed by atoms with Crippen LogP contribution in [0.3, 0.4) is 0 Å². The van der Waals surface area contributed by atoms with Gasteiger partial charge in [-0.2, -0.15) is 11.8 Å². The van der Waals surface area contributed by atoms with E-state index in [1.54, 1.807) is 6.92 Å². The van der Waals surface area contributed by atoms with Gasteiger partial charge in [0.1, 0.15) is 0 Å². The Labute approximate surface area is 207 Å². The lowest BCUT2D eigenvalue weighted by atomic mass is 10.1. The summed E-state index contributed by atoms with van der Waals surface area (Å²) in [5.41, 5.74) is 0. The topological polar surface area (TPSA) is 37.3 Å². The molecule has 194 valence electrons. The molecule has 0 saturated heterocycles. The Balaban J connectivity index is 0. The van der Waals surface area contributed by atoms with Crippen molar-refractivity contribution >= 4 is 17.7 Å². The zero-order chi connectivity index (χ0) is 24.0. The largest absolute Gasteiger partial charge is 0.481 e. The molecule has 32 heavy (non-hydrogen) atoms. The number of unbranched alkanes of at least 4 members (excludes halogenated alkanes) is 20. The van der Waals surface area contributed by atoms with Gasteiger partial charge < -0.3 is 5.11 Å². The van der Waals surface area contributed by atoms with Gasteiger partial charge in [0, 0.05) is 6.42 Å². The average Bonchev–Trinajstić information content (AvgIpc) is 2.80. The average molecular weight is 473 g/mol. The first-order valence-corrected chi connectivity index (χ1v) is 15.6. The van der Waals surface area contributed by atoms with Crippen LogP contribution in [0.2, 0.25) is 0 Å². The molecule has 0 aromatic carbocycles. The minimum Gasteiger partial charge on any atom is -0.481 e. The van der Waals surface area contributed by atoms with Gasteiger partial charge in [-0.3, -0.25) is 4.79 Å². The smallest absolute Gasteiger partial charge is 0.303 e. The van der Waals surface area contributed by atoms with E-state index in [4.69, 9.17) is 5.11 Å². The molecule has 0 aromatic heterocycles. The van der Waals surface area contributed by atoms with Crippen molar-refractivity contribution in [3.8, 4) is 0 Å². The molecule has 0 rings (SSSR count). The Morgan fingerprint density at radius 2 is 0.688 bits per heavy atom. The monoisotopic (exact) mass is 472 g/mol. The van der Waals surface area contributed by atoms with Crippen LogP contribution in [-0.2, 0) is 4.79 Å². The maximum Gasteiger partial charge on any atom is 0.303 e. The van der Waals surface area contributed by atoms with Gasteiger partial charge in [-0.25, -0.2) is 0 Å². The summed E-state index contributed by atoms with van der Waals surface area (Å²) in [6.45, 7) is 6.20. The van der Waals surface area contributed by atoms with Crippen LogP contribution in [0.4, 0.5) is 0 Å². The lowest BCUT2D eigenvalue weighted by Crippen LogP contribution is -1.87. The third-order valence-electron chi connectivity index (χ3n) is 6.09. The molecule has 0 aromatic rings. The predicted molar refractivity (Wildman–Crippen MR) is 148 cm³/mol. The van der Waals surface area contributed by atoms with Crippen molar-refractivity contribution in [3.63, 3.8) is 0 Å². The van der Waals surface area contributed by atoms with Crippen LogP contribution in [0.15, 0.2) is 0 Å². The SMILES string of the molecule is CCC(=O)O.CCCCCCCCCCCCCSCCCCCCCCCCCCC. The second-order valence-corrected chi connectivity index (χ2v) is 10.7. The summed E-state index contributed by atoms with van der Waals surface area (Å²) in [5.74, 6) is 2.08. The van der Waals surface area contributed by atoms with E-state index in [1.165, 1.54) is 153 Å². The normalized spacial score (nSPS) is 10.7. The molecule has 0 spiro atoms. The van der Waals surface area contributed by atoms with Gasteiger partial charge in [0.05, 0.1) is 0 Å². The Morgan fingerprint density at radius 1 is 0.469 bits per heavy atom. The molecule has 0 heterocycles. The van der Waals surface area contributed by atoms with Crippen LogP contribution in [0.25, 0.3) is 0 Å². The quantitative estimate of drug-likeness (QED) is 0.134. The van der Waals surface area contributed by atoms with Crippen molar-refractivity contribution < 1.29 is 9.90 Å². The molecule has 0 bridgehead atoms. The van der Waals surface area contributed by atoms with E-state index >= 15 is 0 Å². The summed E-state index contributed by atoms with van der Waals surface area (Å²) >= 11 is 2.21. The Morgan fingerprint density at radius 3 is 0.906 bits per heavy atom. The summed E-state index contributed by atoms with van der Waals surface area (Å²) in [4.78, 5) is 9.37. The van der Waals surface area contributed by atoms with Crippen LogP contribution in [0.5, 0.6) is 0 Å². The second kappa shape index (κ2) is 33.0. The van der Waals surface area contributed by atoms with E-state index in [-0.39, 0.29) is 6.42 Å². The maximum atomic E-state index is 9.37. The fraction of sp³-hybridized carbons (Fsp3) is 0.966. The van der Waals surface area contributed by atoms with Crippen molar-refractivity contribution in [3.05, 3.63) is 0 Å². The third-order valence-corrected chi connectivity index (χ3v) is 7.24. The number of aliphatic carboxylic acids is 1. The van der Waals surface area contributed by atoms with Crippen molar-refractivity contribution in [2.75, 3.05) is 11.5 Å². The number of carboxylic acids is 1. The Kier molecular flexibility index (Phi) is 35.0. The molecule has 0 unspecified atom stereocenters. The van der Waals surface area contributed by atoms with E-state index in [0.29, 0.717) is 0 Å². The highest BCUT2D eigenvalue weighted by atomic mass is 32.2. The molecule has 0 aliphatic rings. The summed E-state index contributed by atoms with van der Waals surface area (Å²) in [5, 5.41) is 7.72. The number of hydrogen-bond acceptors (Lipinski definition) is 2. The van der Waals surface area contributed by atoms with Gasteiger partial charge in [0.2, 0.25) is 0 Å². The molecule has 0 aliphatic heterocycles. The fourth-order valence-corrected chi connectivity index (χ4v) is 4.86. The van der Waals surface area contributed by atoms with Crippen LogP contribution in [0, 0.1) is 0 Å². The molecule has 0 saturated carbocycles. The van der Waals surface area contributed by atoms with Crippen LogP contribution in [0.1, 0.15) is 168 Å². The number of carboxylic acid groups (broad SMARTS) is 1. The predicted octanol–water partition coefficient (Wildman–Crippen LogP) is 10.8. The van der Waals surface area contributed by atoms with Gasteiger partial charge in [0.25, 0.3) is 0 Å². The fourth-order valence-electron chi connectivity index (χ4n) is 3.84. The van der Waals surface area contributed by atoms with Gasteiger partial charge in [-0.05, 0) is 24.3 Å². The molecular weight excluding hydrogens is 412 g/mol. The summed E-state index contributed by atoms with van der Waals surface area (Å²) < 4.78 is 0. The number of rotatable bonds is 25. The molecule has 0 amide bonds. The molecule has 0 atom stereocenters. The van der Waals surface area contributed by atoms with Crippen LogP contribution < -0.4 is 0 Å². The zero-order valence-electron chi connectivity index (χ0n) is 22.4. The Hall–Kier alpha value is -0.180. The molecular formula is C29H60O2S. The minimum atomic E-state index is -0.745. The molecule has 2 nitrogen and oxygen atoms in total. The minimum absolute atomic E-state index is 0.222. The second-order valence-electron chi connectivity index (χ2n) is 9.43. The van der Waals surface area contributed by atoms with Crippen molar-refractivity contribution in [1.82, 2.24) is 0 Å². The highest BCUT2D eigenvalue weighted by Gasteiger charge is 1.96.